The molecule has 0 aliphatic carbocycles. The fourth-order valence-corrected chi connectivity index (χ4v) is 1.29. The van der Waals surface area contributed by atoms with E-state index in [1.807, 2.05) is 0 Å². The van der Waals surface area contributed by atoms with Crippen LogP contribution in [0.5, 0.6) is 0 Å². The number of nitrogens with two attached hydrogens (primary N) is 1. The Kier molecular flexibility index (Phi) is 3.97. The smallest absolute Gasteiger partial charge is 0.261 e. The molecule has 1 aromatic rings. The van der Waals surface area contributed by atoms with Gasteiger partial charge in [-0.25, -0.2) is 8.78 Å². The number of hydrogen-bond acceptors (Lipinski definition) is 5. The van der Waals surface area contributed by atoms with Crippen molar-refractivity contribution < 1.29 is 13.5 Å². The Morgan fingerprint density at radius 3 is 2.77 bits per heavy atom. The van der Waals surface area contributed by atoms with Crippen molar-refractivity contribution in [1.29, 1.82) is 0 Å². The van der Waals surface area contributed by atoms with E-state index in [2.05, 4.69) is 14.9 Å². The number of alkyl halides is 2. The number of halogens is 2. The standard InChI is InChI=1S/C6H9F2N3OS/c7-4(8)3-12-2-1-5-10-11-6(9)13-5/h4H,1-3H2,(H2,9,11). The molecule has 13 heavy (non-hydrogen) atoms. The number of nitrogen functional groups attached to an aromatic ring is 1. The molecule has 0 fully saturated rings. The normalized spacial score (nSPS) is 11.0. The molecule has 0 aliphatic heterocycles. The zero-order chi connectivity index (χ0) is 9.68. The number of nitrogens with zero attached hydrogens (tertiary/aromatic N) is 2. The Hall–Kier alpha value is -0.820. The average molecular weight is 209 g/mol. The molecular formula is C6H9F2N3OS. The molecule has 0 unspecified atom stereocenters. The van der Waals surface area contributed by atoms with E-state index in [1.54, 1.807) is 0 Å². The maximum Gasteiger partial charge on any atom is 0.261 e. The number of anilines is 1. The summed E-state index contributed by atoms with van der Waals surface area (Å²) in [5, 5.41) is 8.36. The van der Waals surface area contributed by atoms with Crippen LogP contribution in [0.15, 0.2) is 0 Å². The Morgan fingerprint density at radius 1 is 1.46 bits per heavy atom. The second-order valence-electron chi connectivity index (χ2n) is 2.25. The summed E-state index contributed by atoms with van der Waals surface area (Å²) in [6.07, 6.45) is -1.94. The zero-order valence-electron chi connectivity index (χ0n) is 6.74. The minimum absolute atomic E-state index is 0.221. The highest BCUT2D eigenvalue weighted by molar-refractivity contribution is 7.15. The van der Waals surface area contributed by atoms with Crippen molar-refractivity contribution in [3.8, 4) is 0 Å². The lowest BCUT2D eigenvalue weighted by atomic mass is 10.5. The molecule has 0 aliphatic rings. The molecule has 0 aromatic carbocycles. The fourth-order valence-electron chi connectivity index (χ4n) is 0.700. The van der Waals surface area contributed by atoms with Gasteiger partial charge in [0.05, 0.1) is 6.61 Å². The summed E-state index contributed by atoms with van der Waals surface area (Å²) in [4.78, 5) is 0. The minimum atomic E-state index is -2.42. The molecule has 0 saturated heterocycles. The van der Waals surface area contributed by atoms with Gasteiger partial charge in [0.15, 0.2) is 0 Å². The third kappa shape index (κ3) is 4.09. The molecule has 0 saturated carbocycles. The van der Waals surface area contributed by atoms with Gasteiger partial charge in [-0.15, -0.1) is 10.2 Å². The van der Waals surface area contributed by atoms with Gasteiger partial charge >= 0.3 is 0 Å². The first kappa shape index (κ1) is 10.3. The van der Waals surface area contributed by atoms with E-state index in [9.17, 15) is 8.78 Å². The third-order valence-corrected chi connectivity index (χ3v) is 2.00. The van der Waals surface area contributed by atoms with E-state index in [0.717, 1.165) is 0 Å². The van der Waals surface area contributed by atoms with Crippen molar-refractivity contribution in [2.75, 3.05) is 18.9 Å². The molecule has 74 valence electrons. The van der Waals surface area contributed by atoms with Crippen molar-refractivity contribution >= 4 is 16.5 Å². The van der Waals surface area contributed by atoms with Crippen molar-refractivity contribution in [3.05, 3.63) is 5.01 Å². The van der Waals surface area contributed by atoms with E-state index in [4.69, 9.17) is 5.73 Å². The summed E-state index contributed by atoms with van der Waals surface area (Å²) in [6.45, 7) is -0.312. The van der Waals surface area contributed by atoms with Crippen LogP contribution in [0.4, 0.5) is 13.9 Å². The van der Waals surface area contributed by atoms with Crippen LogP contribution in [-0.4, -0.2) is 29.8 Å². The van der Waals surface area contributed by atoms with E-state index < -0.39 is 13.0 Å². The van der Waals surface area contributed by atoms with Crippen molar-refractivity contribution in [3.63, 3.8) is 0 Å². The second kappa shape index (κ2) is 5.03. The van der Waals surface area contributed by atoms with Crippen LogP contribution in [0.1, 0.15) is 5.01 Å². The van der Waals surface area contributed by atoms with Gasteiger partial charge in [0, 0.05) is 6.42 Å². The lowest BCUT2D eigenvalue weighted by Gasteiger charge is -1.99. The van der Waals surface area contributed by atoms with Crippen molar-refractivity contribution in [1.82, 2.24) is 10.2 Å². The van der Waals surface area contributed by atoms with E-state index >= 15 is 0 Å². The van der Waals surface area contributed by atoms with Crippen LogP contribution < -0.4 is 5.73 Å². The SMILES string of the molecule is Nc1nnc(CCOCC(F)F)s1. The molecule has 0 spiro atoms. The van der Waals surface area contributed by atoms with Gasteiger partial charge < -0.3 is 10.5 Å². The molecule has 2 N–H and O–H groups in total. The Balaban J connectivity index is 2.13. The molecule has 4 nitrogen and oxygen atoms in total. The number of rotatable bonds is 5. The Morgan fingerprint density at radius 2 is 2.23 bits per heavy atom. The van der Waals surface area contributed by atoms with Gasteiger partial charge in [-0.3, -0.25) is 0 Å². The van der Waals surface area contributed by atoms with Crippen LogP contribution in [0.25, 0.3) is 0 Å². The highest BCUT2D eigenvalue weighted by Gasteiger charge is 2.03. The largest absolute Gasteiger partial charge is 0.375 e. The summed E-state index contributed by atoms with van der Waals surface area (Å²) in [6, 6.07) is 0. The topological polar surface area (TPSA) is 61.0 Å². The zero-order valence-corrected chi connectivity index (χ0v) is 7.56. The van der Waals surface area contributed by atoms with Gasteiger partial charge in [-0.2, -0.15) is 0 Å². The number of hydrogen-bond donors (Lipinski definition) is 1. The summed E-state index contributed by atoms with van der Waals surface area (Å²) in [5.74, 6) is 0. The monoisotopic (exact) mass is 209 g/mol. The van der Waals surface area contributed by atoms with Gasteiger partial charge in [0.25, 0.3) is 6.43 Å². The lowest BCUT2D eigenvalue weighted by molar-refractivity contribution is 0.0186. The van der Waals surface area contributed by atoms with E-state index in [1.165, 1.54) is 11.3 Å². The van der Waals surface area contributed by atoms with Gasteiger partial charge in [-0.05, 0) is 0 Å². The highest BCUT2D eigenvalue weighted by Crippen LogP contribution is 2.11. The van der Waals surface area contributed by atoms with Gasteiger partial charge in [0.2, 0.25) is 5.13 Å². The van der Waals surface area contributed by atoms with Crippen molar-refractivity contribution in [2.24, 2.45) is 0 Å². The van der Waals surface area contributed by atoms with Crippen LogP contribution in [0.2, 0.25) is 0 Å². The molecule has 7 heteroatoms. The first-order chi connectivity index (χ1) is 6.18. The first-order valence-electron chi connectivity index (χ1n) is 3.62. The third-order valence-electron chi connectivity index (χ3n) is 1.19. The molecule has 0 amide bonds. The molecular weight excluding hydrogens is 200 g/mol. The molecule has 1 heterocycles. The second-order valence-corrected chi connectivity index (χ2v) is 3.34. The summed E-state index contributed by atoms with van der Waals surface area (Å²) < 4.78 is 27.8. The maximum absolute atomic E-state index is 11.6. The van der Waals surface area contributed by atoms with Crippen molar-refractivity contribution in [2.45, 2.75) is 12.8 Å². The maximum atomic E-state index is 11.6. The molecule has 0 bridgehead atoms. The summed E-state index contributed by atoms with van der Waals surface area (Å²) in [7, 11) is 0. The molecule has 1 aromatic heterocycles. The van der Waals surface area contributed by atoms with Gasteiger partial charge in [-0.1, -0.05) is 11.3 Å². The molecule has 1 rings (SSSR count). The highest BCUT2D eigenvalue weighted by atomic mass is 32.1. The summed E-state index contributed by atoms with van der Waals surface area (Å²) in [5.41, 5.74) is 5.32. The predicted molar refractivity (Wildman–Crippen MR) is 44.8 cm³/mol. The Labute approximate surface area is 77.7 Å². The number of ether oxygens (including phenoxy) is 1. The average Bonchev–Trinajstić information content (AvgIpc) is 2.45. The van der Waals surface area contributed by atoms with Crippen LogP contribution in [0, 0.1) is 0 Å². The quantitative estimate of drug-likeness (QED) is 0.733. The van der Waals surface area contributed by atoms with Crippen LogP contribution in [0.3, 0.4) is 0 Å². The predicted octanol–water partition coefficient (Wildman–Crippen LogP) is 0.944. The van der Waals surface area contributed by atoms with Crippen LogP contribution in [-0.2, 0) is 11.2 Å². The molecule has 0 atom stereocenters. The van der Waals surface area contributed by atoms with E-state index in [0.29, 0.717) is 16.6 Å². The molecule has 0 radical (unpaired) electrons. The lowest BCUT2D eigenvalue weighted by Crippen LogP contribution is -2.06. The summed E-state index contributed by atoms with van der Waals surface area (Å²) >= 11 is 1.23. The van der Waals surface area contributed by atoms with Crippen LogP contribution >= 0.6 is 11.3 Å². The van der Waals surface area contributed by atoms with Gasteiger partial charge in [0.1, 0.15) is 11.6 Å². The van der Waals surface area contributed by atoms with E-state index in [-0.39, 0.29) is 6.61 Å². The Bertz CT molecular complexity index is 256. The minimum Gasteiger partial charge on any atom is -0.375 e. The first-order valence-corrected chi connectivity index (χ1v) is 4.44. The number of aromatic nitrogens is 2. The fraction of sp³-hybridized carbons (Fsp3) is 0.667.